The Bertz CT molecular complexity index is 367. The lowest BCUT2D eigenvalue weighted by Gasteiger charge is -2.28. The highest BCUT2D eigenvalue weighted by Gasteiger charge is 2.23. The van der Waals surface area contributed by atoms with Gasteiger partial charge in [-0.3, -0.25) is 4.90 Å². The first-order valence-corrected chi connectivity index (χ1v) is 7.10. The van der Waals surface area contributed by atoms with Gasteiger partial charge < -0.3 is 9.63 Å². The highest BCUT2D eigenvalue weighted by molar-refractivity contribution is 4.98. The van der Waals surface area contributed by atoms with E-state index in [2.05, 4.69) is 49.7 Å². The number of aliphatic hydroxyl groups excluding tert-OH is 1. The summed E-state index contributed by atoms with van der Waals surface area (Å²) >= 11 is 0. The van der Waals surface area contributed by atoms with Crippen LogP contribution in [0.3, 0.4) is 0 Å². The Kier molecular flexibility index (Phi) is 5.94. The molecule has 0 spiro atoms. The fraction of sp³-hybridized carbons (Fsp3) is 0.857. The van der Waals surface area contributed by atoms with Crippen molar-refractivity contribution in [2.45, 2.75) is 65.5 Å². The molecule has 0 amide bonds. The van der Waals surface area contributed by atoms with E-state index in [0.29, 0.717) is 30.8 Å². The minimum absolute atomic E-state index is 0.123. The van der Waals surface area contributed by atoms with Crippen molar-refractivity contribution >= 4 is 0 Å². The highest BCUT2D eigenvalue weighted by Crippen LogP contribution is 2.20. The van der Waals surface area contributed by atoms with Gasteiger partial charge in [0.15, 0.2) is 5.82 Å². The summed E-state index contributed by atoms with van der Waals surface area (Å²) in [5.41, 5.74) is -0.123. The summed E-state index contributed by atoms with van der Waals surface area (Å²) in [4.78, 5) is 6.67. The predicted molar refractivity (Wildman–Crippen MR) is 74.9 cm³/mol. The van der Waals surface area contributed by atoms with Gasteiger partial charge in [0.1, 0.15) is 0 Å². The molecule has 1 heterocycles. The molecular weight excluding hydrogens is 242 g/mol. The van der Waals surface area contributed by atoms with Crippen LogP contribution in [0, 0.1) is 0 Å². The van der Waals surface area contributed by atoms with Crippen molar-refractivity contribution < 1.29 is 9.63 Å². The van der Waals surface area contributed by atoms with Gasteiger partial charge in [-0.2, -0.15) is 4.98 Å². The Morgan fingerprint density at radius 1 is 1.26 bits per heavy atom. The van der Waals surface area contributed by atoms with Crippen LogP contribution in [0.2, 0.25) is 0 Å². The van der Waals surface area contributed by atoms with Gasteiger partial charge in [0, 0.05) is 18.0 Å². The Labute approximate surface area is 116 Å². The van der Waals surface area contributed by atoms with Crippen LogP contribution in [-0.4, -0.2) is 39.3 Å². The normalized spacial score (nSPS) is 12.6. The van der Waals surface area contributed by atoms with Gasteiger partial charge in [0.05, 0.1) is 13.2 Å². The minimum atomic E-state index is -0.123. The molecule has 0 aliphatic carbocycles. The van der Waals surface area contributed by atoms with E-state index in [4.69, 9.17) is 4.52 Å². The van der Waals surface area contributed by atoms with E-state index >= 15 is 0 Å². The van der Waals surface area contributed by atoms with Crippen molar-refractivity contribution in [2.24, 2.45) is 0 Å². The predicted octanol–water partition coefficient (Wildman–Crippen LogP) is 2.35. The van der Waals surface area contributed by atoms with Crippen LogP contribution in [0.1, 0.15) is 59.2 Å². The summed E-state index contributed by atoms with van der Waals surface area (Å²) < 4.78 is 5.30. The molecule has 5 heteroatoms. The number of rotatable bonds is 7. The van der Waals surface area contributed by atoms with Gasteiger partial charge >= 0.3 is 0 Å². The maximum Gasteiger partial charge on any atom is 0.232 e. The lowest BCUT2D eigenvalue weighted by molar-refractivity contribution is 0.132. The molecule has 0 aliphatic rings. The molecule has 1 aromatic rings. The molecule has 0 radical (unpaired) electrons. The Morgan fingerprint density at radius 2 is 1.89 bits per heavy atom. The minimum Gasteiger partial charge on any atom is -0.395 e. The SMILES string of the molecule is CCC(CC)N(CCO)Cc1noc(C(C)(C)C)n1. The molecule has 19 heavy (non-hydrogen) atoms. The van der Waals surface area contributed by atoms with Crippen LogP contribution in [0.4, 0.5) is 0 Å². The number of nitrogens with zero attached hydrogens (tertiary/aromatic N) is 3. The second-order valence-electron chi connectivity index (χ2n) is 5.93. The first-order chi connectivity index (χ1) is 8.92. The zero-order chi connectivity index (χ0) is 14.5. The first kappa shape index (κ1) is 16.1. The maximum absolute atomic E-state index is 9.18. The monoisotopic (exact) mass is 269 g/mol. The van der Waals surface area contributed by atoms with Crippen molar-refractivity contribution in [3.63, 3.8) is 0 Å². The van der Waals surface area contributed by atoms with Crippen LogP contribution in [0.15, 0.2) is 4.52 Å². The van der Waals surface area contributed by atoms with Crippen molar-refractivity contribution in [2.75, 3.05) is 13.2 Å². The lowest BCUT2D eigenvalue weighted by Crippen LogP contribution is -2.36. The third-order valence-corrected chi connectivity index (χ3v) is 3.30. The van der Waals surface area contributed by atoms with Crippen LogP contribution in [0.25, 0.3) is 0 Å². The molecule has 0 saturated heterocycles. The van der Waals surface area contributed by atoms with Crippen LogP contribution >= 0.6 is 0 Å². The molecule has 0 bridgehead atoms. The van der Waals surface area contributed by atoms with Crippen molar-refractivity contribution in [3.05, 3.63) is 11.7 Å². The van der Waals surface area contributed by atoms with Gasteiger partial charge in [0.25, 0.3) is 0 Å². The number of hydrogen-bond acceptors (Lipinski definition) is 5. The number of hydrogen-bond donors (Lipinski definition) is 1. The van der Waals surface area contributed by atoms with Crippen molar-refractivity contribution in [1.29, 1.82) is 0 Å². The van der Waals surface area contributed by atoms with E-state index < -0.39 is 0 Å². The van der Waals surface area contributed by atoms with Crippen molar-refractivity contribution in [3.8, 4) is 0 Å². The summed E-state index contributed by atoms with van der Waals surface area (Å²) in [5.74, 6) is 1.36. The Balaban J connectivity index is 2.76. The van der Waals surface area contributed by atoms with Crippen LogP contribution in [0.5, 0.6) is 0 Å². The van der Waals surface area contributed by atoms with Gasteiger partial charge in [0.2, 0.25) is 5.89 Å². The fourth-order valence-corrected chi connectivity index (χ4v) is 2.13. The Hall–Kier alpha value is -0.940. The molecule has 0 aromatic carbocycles. The number of aromatic nitrogens is 2. The van der Waals surface area contributed by atoms with E-state index in [-0.39, 0.29) is 12.0 Å². The third-order valence-electron chi connectivity index (χ3n) is 3.30. The summed E-state index contributed by atoms with van der Waals surface area (Å²) in [6.07, 6.45) is 2.11. The van der Waals surface area contributed by atoms with Gasteiger partial charge in [-0.15, -0.1) is 0 Å². The Morgan fingerprint density at radius 3 is 2.32 bits per heavy atom. The van der Waals surface area contributed by atoms with E-state index in [1.165, 1.54) is 0 Å². The third kappa shape index (κ3) is 4.58. The quantitative estimate of drug-likeness (QED) is 0.823. The van der Waals surface area contributed by atoms with E-state index in [9.17, 15) is 5.11 Å². The molecule has 0 atom stereocenters. The largest absolute Gasteiger partial charge is 0.395 e. The topological polar surface area (TPSA) is 62.4 Å². The lowest BCUT2D eigenvalue weighted by atomic mass is 9.97. The summed E-state index contributed by atoms with van der Waals surface area (Å²) in [7, 11) is 0. The zero-order valence-corrected chi connectivity index (χ0v) is 12.8. The molecule has 0 saturated carbocycles. The van der Waals surface area contributed by atoms with Crippen molar-refractivity contribution in [1.82, 2.24) is 15.0 Å². The highest BCUT2D eigenvalue weighted by atomic mass is 16.5. The number of aliphatic hydroxyl groups is 1. The standard InChI is InChI=1S/C14H27N3O2/c1-6-11(7-2)17(8-9-18)10-12-15-13(19-16-12)14(3,4)5/h11,18H,6-10H2,1-5H3. The molecule has 110 valence electrons. The fourth-order valence-electron chi connectivity index (χ4n) is 2.13. The van der Waals surface area contributed by atoms with E-state index in [0.717, 1.165) is 12.8 Å². The molecule has 0 unspecified atom stereocenters. The van der Waals surface area contributed by atoms with E-state index in [1.807, 2.05) is 0 Å². The van der Waals surface area contributed by atoms with Gasteiger partial charge in [-0.1, -0.05) is 39.8 Å². The summed E-state index contributed by atoms with van der Waals surface area (Å²) in [6, 6.07) is 0.448. The first-order valence-electron chi connectivity index (χ1n) is 7.10. The summed E-state index contributed by atoms with van der Waals surface area (Å²) in [6.45, 7) is 11.9. The van der Waals surface area contributed by atoms with E-state index in [1.54, 1.807) is 0 Å². The zero-order valence-electron chi connectivity index (χ0n) is 12.8. The summed E-state index contributed by atoms with van der Waals surface area (Å²) in [5, 5.41) is 13.2. The van der Waals surface area contributed by atoms with Crippen LogP contribution in [-0.2, 0) is 12.0 Å². The smallest absolute Gasteiger partial charge is 0.232 e. The maximum atomic E-state index is 9.18. The molecular formula is C14H27N3O2. The average Bonchev–Trinajstić information content (AvgIpc) is 2.79. The van der Waals surface area contributed by atoms with Gasteiger partial charge in [-0.25, -0.2) is 0 Å². The molecule has 1 N–H and O–H groups in total. The van der Waals surface area contributed by atoms with Gasteiger partial charge in [-0.05, 0) is 12.8 Å². The molecule has 1 rings (SSSR count). The molecule has 0 fully saturated rings. The molecule has 0 aliphatic heterocycles. The average molecular weight is 269 g/mol. The molecule has 5 nitrogen and oxygen atoms in total. The second-order valence-corrected chi connectivity index (χ2v) is 5.93. The second kappa shape index (κ2) is 7.01. The van der Waals surface area contributed by atoms with Crippen LogP contribution < -0.4 is 0 Å². The molecule has 1 aromatic heterocycles.